The molecule has 0 aromatic rings. The van der Waals surface area contributed by atoms with E-state index in [1.807, 2.05) is 0 Å². The van der Waals surface area contributed by atoms with Crippen LogP contribution in [0, 0.1) is 0 Å². The molecule has 0 saturated carbocycles. The zero-order chi connectivity index (χ0) is 13.5. The second-order valence-corrected chi connectivity index (χ2v) is 6.14. The number of hydrogen-bond donors (Lipinski definition) is 1. The molecule has 2 aliphatic rings. The summed E-state index contributed by atoms with van der Waals surface area (Å²) in [6, 6.07) is 0.815. The van der Waals surface area contributed by atoms with Crippen LogP contribution in [0.2, 0.25) is 0 Å². The van der Waals surface area contributed by atoms with Crippen molar-refractivity contribution in [2.75, 3.05) is 46.4 Å². The number of piperidine rings is 1. The van der Waals surface area contributed by atoms with Gasteiger partial charge in [0.1, 0.15) is 0 Å². The van der Waals surface area contributed by atoms with Gasteiger partial charge in [-0.05, 0) is 65.2 Å². The largest absolute Gasteiger partial charge is 0.378 e. The SMILES string of the molecule is CN1CCCC(N2CCC(OCCCN)CC2)CC1. The topological polar surface area (TPSA) is 41.7 Å². The van der Waals surface area contributed by atoms with Crippen LogP contribution in [0.5, 0.6) is 0 Å². The van der Waals surface area contributed by atoms with Crippen molar-refractivity contribution in [1.29, 1.82) is 0 Å². The van der Waals surface area contributed by atoms with E-state index in [0.29, 0.717) is 6.10 Å². The normalized spacial score (nSPS) is 28.4. The molecule has 0 bridgehead atoms. The second-order valence-electron chi connectivity index (χ2n) is 6.14. The third kappa shape index (κ3) is 5.03. The number of rotatable bonds is 5. The summed E-state index contributed by atoms with van der Waals surface area (Å²) >= 11 is 0. The van der Waals surface area contributed by atoms with Gasteiger partial charge in [0.15, 0.2) is 0 Å². The molecule has 112 valence electrons. The smallest absolute Gasteiger partial charge is 0.0599 e. The van der Waals surface area contributed by atoms with E-state index < -0.39 is 0 Å². The Morgan fingerprint density at radius 3 is 2.58 bits per heavy atom. The van der Waals surface area contributed by atoms with Gasteiger partial charge in [-0.3, -0.25) is 0 Å². The van der Waals surface area contributed by atoms with Crippen molar-refractivity contribution in [3.8, 4) is 0 Å². The highest BCUT2D eigenvalue weighted by Crippen LogP contribution is 2.22. The predicted molar refractivity (Wildman–Crippen MR) is 79.4 cm³/mol. The minimum atomic E-state index is 0.483. The third-order valence-electron chi connectivity index (χ3n) is 4.62. The lowest BCUT2D eigenvalue weighted by molar-refractivity contribution is -0.00360. The Morgan fingerprint density at radius 2 is 1.84 bits per heavy atom. The third-order valence-corrected chi connectivity index (χ3v) is 4.62. The first-order valence-electron chi connectivity index (χ1n) is 8.04. The molecule has 0 amide bonds. The maximum absolute atomic E-state index is 5.89. The molecule has 4 heteroatoms. The van der Waals surface area contributed by atoms with Crippen LogP contribution in [0.25, 0.3) is 0 Å². The predicted octanol–water partition coefficient (Wildman–Crippen LogP) is 1.30. The fourth-order valence-corrected chi connectivity index (χ4v) is 3.33. The van der Waals surface area contributed by atoms with Gasteiger partial charge in [0.05, 0.1) is 6.10 Å². The zero-order valence-electron chi connectivity index (χ0n) is 12.5. The Balaban J connectivity index is 1.67. The fraction of sp³-hybridized carbons (Fsp3) is 1.00. The highest BCUT2D eigenvalue weighted by Gasteiger charge is 2.26. The standard InChI is InChI=1S/C15H31N3O/c1-17-9-2-4-14(5-10-17)18-11-6-15(7-12-18)19-13-3-8-16/h14-15H,2-13,16H2,1H3. The number of nitrogens with two attached hydrogens (primary N) is 1. The van der Waals surface area contributed by atoms with E-state index in [9.17, 15) is 0 Å². The Morgan fingerprint density at radius 1 is 1.05 bits per heavy atom. The van der Waals surface area contributed by atoms with Gasteiger partial charge in [-0.15, -0.1) is 0 Å². The van der Waals surface area contributed by atoms with E-state index in [0.717, 1.165) is 25.6 Å². The van der Waals surface area contributed by atoms with E-state index >= 15 is 0 Å². The van der Waals surface area contributed by atoms with Crippen LogP contribution in [0.4, 0.5) is 0 Å². The van der Waals surface area contributed by atoms with Gasteiger partial charge >= 0.3 is 0 Å². The summed E-state index contributed by atoms with van der Waals surface area (Å²) in [5, 5.41) is 0. The average molecular weight is 269 g/mol. The van der Waals surface area contributed by atoms with E-state index in [1.54, 1.807) is 0 Å². The van der Waals surface area contributed by atoms with Gasteiger partial charge in [-0.25, -0.2) is 0 Å². The first-order valence-corrected chi connectivity index (χ1v) is 8.04. The van der Waals surface area contributed by atoms with Crippen LogP contribution < -0.4 is 5.73 Å². The molecule has 4 nitrogen and oxygen atoms in total. The Labute approximate surface area is 118 Å². The Kier molecular flexibility index (Phi) is 6.57. The molecule has 2 N–H and O–H groups in total. The Hall–Kier alpha value is -0.160. The van der Waals surface area contributed by atoms with Crippen LogP contribution in [0.1, 0.15) is 38.5 Å². The number of likely N-dealkylation sites (tertiary alicyclic amines) is 2. The molecule has 0 spiro atoms. The maximum Gasteiger partial charge on any atom is 0.0599 e. The van der Waals surface area contributed by atoms with Crippen LogP contribution in [0.15, 0.2) is 0 Å². The van der Waals surface area contributed by atoms with Gasteiger partial charge < -0.3 is 20.3 Å². The molecule has 0 aromatic carbocycles. The number of hydrogen-bond acceptors (Lipinski definition) is 4. The minimum absolute atomic E-state index is 0.483. The van der Waals surface area contributed by atoms with Gasteiger partial charge in [-0.1, -0.05) is 0 Å². The zero-order valence-corrected chi connectivity index (χ0v) is 12.5. The fourth-order valence-electron chi connectivity index (χ4n) is 3.33. The highest BCUT2D eigenvalue weighted by molar-refractivity contribution is 4.81. The highest BCUT2D eigenvalue weighted by atomic mass is 16.5. The molecule has 0 aliphatic carbocycles. The molecule has 2 fully saturated rings. The lowest BCUT2D eigenvalue weighted by Crippen LogP contribution is -2.43. The van der Waals surface area contributed by atoms with Crippen LogP contribution in [0.3, 0.4) is 0 Å². The summed E-state index contributed by atoms with van der Waals surface area (Å²) in [5.74, 6) is 0. The van der Waals surface area contributed by atoms with Crippen molar-refractivity contribution >= 4 is 0 Å². The molecule has 0 radical (unpaired) electrons. The Bertz CT molecular complexity index is 242. The summed E-state index contributed by atoms with van der Waals surface area (Å²) < 4.78 is 5.89. The molecule has 1 unspecified atom stereocenters. The average Bonchev–Trinajstić information content (AvgIpc) is 2.65. The molecule has 2 heterocycles. The van der Waals surface area contributed by atoms with Gasteiger partial charge in [0, 0.05) is 25.7 Å². The second kappa shape index (κ2) is 8.20. The van der Waals surface area contributed by atoms with Crippen LogP contribution >= 0.6 is 0 Å². The molecular weight excluding hydrogens is 238 g/mol. The summed E-state index contributed by atoms with van der Waals surface area (Å²) in [7, 11) is 2.25. The van der Waals surface area contributed by atoms with Crippen molar-refractivity contribution in [2.45, 2.75) is 50.7 Å². The molecule has 2 saturated heterocycles. The summed E-state index contributed by atoms with van der Waals surface area (Å²) in [6.07, 6.45) is 7.96. The van der Waals surface area contributed by atoms with E-state index in [2.05, 4.69) is 16.8 Å². The lowest BCUT2D eigenvalue weighted by Gasteiger charge is -2.37. The lowest BCUT2D eigenvalue weighted by atomic mass is 10.0. The van der Waals surface area contributed by atoms with Crippen molar-refractivity contribution in [2.24, 2.45) is 5.73 Å². The molecule has 0 aromatic heterocycles. The maximum atomic E-state index is 5.89. The molecular formula is C15H31N3O. The van der Waals surface area contributed by atoms with Gasteiger partial charge in [0.2, 0.25) is 0 Å². The van der Waals surface area contributed by atoms with Crippen molar-refractivity contribution in [1.82, 2.24) is 9.80 Å². The summed E-state index contributed by atoms with van der Waals surface area (Å²) in [5.41, 5.74) is 5.50. The van der Waals surface area contributed by atoms with E-state index in [4.69, 9.17) is 10.5 Å². The summed E-state index contributed by atoms with van der Waals surface area (Å²) in [4.78, 5) is 5.19. The summed E-state index contributed by atoms with van der Waals surface area (Å²) in [6.45, 7) is 6.57. The van der Waals surface area contributed by atoms with Crippen molar-refractivity contribution in [3.05, 3.63) is 0 Å². The molecule has 2 aliphatic heterocycles. The van der Waals surface area contributed by atoms with Gasteiger partial charge in [-0.2, -0.15) is 0 Å². The van der Waals surface area contributed by atoms with E-state index in [1.165, 1.54) is 58.3 Å². The molecule has 2 rings (SSSR count). The van der Waals surface area contributed by atoms with Crippen LogP contribution in [-0.4, -0.2) is 68.3 Å². The number of ether oxygens (including phenoxy) is 1. The monoisotopic (exact) mass is 269 g/mol. The quantitative estimate of drug-likeness (QED) is 0.764. The molecule has 1 atom stereocenters. The molecule has 19 heavy (non-hydrogen) atoms. The van der Waals surface area contributed by atoms with E-state index in [-0.39, 0.29) is 0 Å². The first-order chi connectivity index (χ1) is 9.29. The van der Waals surface area contributed by atoms with Crippen molar-refractivity contribution < 1.29 is 4.74 Å². The van der Waals surface area contributed by atoms with Crippen LogP contribution in [-0.2, 0) is 4.74 Å². The number of nitrogens with zero attached hydrogens (tertiary/aromatic N) is 2. The minimum Gasteiger partial charge on any atom is -0.378 e. The first kappa shape index (κ1) is 15.2. The van der Waals surface area contributed by atoms with Gasteiger partial charge in [0.25, 0.3) is 0 Å². The van der Waals surface area contributed by atoms with Crippen molar-refractivity contribution in [3.63, 3.8) is 0 Å².